The first-order valence-corrected chi connectivity index (χ1v) is 6.31. The van der Waals surface area contributed by atoms with Crippen LogP contribution in [0.4, 0.5) is 0 Å². The van der Waals surface area contributed by atoms with Gasteiger partial charge in [0, 0.05) is 17.7 Å². The molecule has 0 bridgehead atoms. The zero-order chi connectivity index (χ0) is 14.3. The molecule has 0 aromatic heterocycles. The summed E-state index contributed by atoms with van der Waals surface area (Å²) in [6, 6.07) is 5.62. The fourth-order valence-corrected chi connectivity index (χ4v) is 1.53. The Morgan fingerprint density at radius 2 is 2.11 bits per heavy atom. The maximum absolute atomic E-state index is 11.7. The van der Waals surface area contributed by atoms with E-state index in [2.05, 4.69) is 5.32 Å². The van der Waals surface area contributed by atoms with Crippen molar-refractivity contribution in [3.63, 3.8) is 0 Å². The first-order valence-electron chi connectivity index (χ1n) is 6.31. The topological polar surface area (TPSA) is 47.6 Å². The van der Waals surface area contributed by atoms with Crippen LogP contribution in [0.5, 0.6) is 11.5 Å². The summed E-state index contributed by atoms with van der Waals surface area (Å²) in [6.45, 7) is 4.00. The number of carbonyl (C=O) groups excluding carboxylic acids is 1. The summed E-state index contributed by atoms with van der Waals surface area (Å²) in [7, 11) is 3.20. The molecule has 1 aromatic carbocycles. The van der Waals surface area contributed by atoms with Crippen molar-refractivity contribution in [2.75, 3.05) is 14.2 Å². The van der Waals surface area contributed by atoms with Crippen molar-refractivity contribution >= 4 is 12.0 Å². The molecule has 4 nitrogen and oxygen atoms in total. The number of hydrogen-bond acceptors (Lipinski definition) is 3. The molecular formula is C15H21NO3. The fourth-order valence-electron chi connectivity index (χ4n) is 1.53. The fraction of sp³-hybridized carbons (Fsp3) is 0.400. The van der Waals surface area contributed by atoms with Crippen molar-refractivity contribution in [2.45, 2.75) is 26.3 Å². The van der Waals surface area contributed by atoms with Gasteiger partial charge in [0.15, 0.2) is 0 Å². The van der Waals surface area contributed by atoms with Gasteiger partial charge >= 0.3 is 0 Å². The Labute approximate surface area is 114 Å². The number of carbonyl (C=O) groups is 1. The number of benzene rings is 1. The average molecular weight is 263 g/mol. The van der Waals surface area contributed by atoms with Crippen LogP contribution in [0.25, 0.3) is 6.08 Å². The number of nitrogens with one attached hydrogen (secondary N) is 1. The molecule has 1 N–H and O–H groups in total. The minimum absolute atomic E-state index is 0.112. The van der Waals surface area contributed by atoms with Crippen LogP contribution in [0.3, 0.4) is 0 Å². The average Bonchev–Trinajstić information content (AvgIpc) is 2.44. The van der Waals surface area contributed by atoms with Gasteiger partial charge in [-0.1, -0.05) is 6.92 Å². The lowest BCUT2D eigenvalue weighted by molar-refractivity contribution is -0.117. The van der Waals surface area contributed by atoms with Crippen LogP contribution in [0, 0.1) is 0 Å². The minimum Gasteiger partial charge on any atom is -0.497 e. The van der Waals surface area contributed by atoms with E-state index in [4.69, 9.17) is 9.47 Å². The van der Waals surface area contributed by atoms with Gasteiger partial charge in [-0.2, -0.15) is 0 Å². The summed E-state index contributed by atoms with van der Waals surface area (Å²) in [5.41, 5.74) is 0.807. The van der Waals surface area contributed by atoms with E-state index in [1.54, 1.807) is 20.3 Å². The molecule has 0 spiro atoms. The molecule has 0 saturated carbocycles. The highest BCUT2D eigenvalue weighted by Gasteiger charge is 2.04. The van der Waals surface area contributed by atoms with E-state index >= 15 is 0 Å². The van der Waals surface area contributed by atoms with E-state index < -0.39 is 0 Å². The Kier molecular flexibility index (Phi) is 5.93. The molecule has 0 unspecified atom stereocenters. The summed E-state index contributed by atoms with van der Waals surface area (Å²) >= 11 is 0. The highest BCUT2D eigenvalue weighted by Crippen LogP contribution is 2.24. The summed E-state index contributed by atoms with van der Waals surface area (Å²) in [6.07, 6.45) is 4.13. The van der Waals surface area contributed by atoms with Gasteiger partial charge in [0.25, 0.3) is 0 Å². The van der Waals surface area contributed by atoms with Gasteiger partial charge in [-0.15, -0.1) is 0 Å². The number of hydrogen-bond donors (Lipinski definition) is 1. The highest BCUT2D eigenvalue weighted by molar-refractivity contribution is 5.92. The van der Waals surface area contributed by atoms with Crippen molar-refractivity contribution in [3.05, 3.63) is 29.8 Å². The number of rotatable bonds is 6. The van der Waals surface area contributed by atoms with E-state index in [0.29, 0.717) is 5.75 Å². The largest absolute Gasteiger partial charge is 0.497 e. The number of amides is 1. The first-order chi connectivity index (χ1) is 9.10. The molecule has 19 heavy (non-hydrogen) atoms. The maximum atomic E-state index is 11.7. The van der Waals surface area contributed by atoms with Crippen molar-refractivity contribution in [3.8, 4) is 11.5 Å². The van der Waals surface area contributed by atoms with Crippen LogP contribution < -0.4 is 14.8 Å². The molecule has 0 saturated heterocycles. The number of methoxy groups -OCH3 is 2. The van der Waals surface area contributed by atoms with Crippen LogP contribution in [0.1, 0.15) is 25.8 Å². The molecule has 4 heteroatoms. The molecule has 0 aliphatic carbocycles. The Morgan fingerprint density at radius 3 is 2.68 bits per heavy atom. The lowest BCUT2D eigenvalue weighted by atomic mass is 10.1. The second kappa shape index (κ2) is 7.46. The molecule has 1 atom stereocenters. The van der Waals surface area contributed by atoms with E-state index in [0.717, 1.165) is 17.7 Å². The second-order valence-corrected chi connectivity index (χ2v) is 4.26. The SMILES string of the molecule is CC[C@@H](C)NC(=O)/C=C/c1cc(OC)ccc1OC. The van der Waals surface area contributed by atoms with Crippen LogP contribution in [-0.4, -0.2) is 26.2 Å². The lowest BCUT2D eigenvalue weighted by Gasteiger charge is -2.09. The van der Waals surface area contributed by atoms with Gasteiger partial charge in [-0.25, -0.2) is 0 Å². The predicted molar refractivity (Wildman–Crippen MR) is 76.5 cm³/mol. The van der Waals surface area contributed by atoms with Crippen molar-refractivity contribution in [1.82, 2.24) is 5.32 Å². The molecule has 104 valence electrons. The molecule has 1 rings (SSSR count). The van der Waals surface area contributed by atoms with Gasteiger partial charge < -0.3 is 14.8 Å². The molecule has 0 aliphatic rings. The quantitative estimate of drug-likeness (QED) is 0.803. The lowest BCUT2D eigenvalue weighted by Crippen LogP contribution is -2.30. The normalized spacial score (nSPS) is 12.2. The van der Waals surface area contributed by atoms with E-state index in [1.807, 2.05) is 32.0 Å². The second-order valence-electron chi connectivity index (χ2n) is 4.26. The maximum Gasteiger partial charge on any atom is 0.244 e. The van der Waals surface area contributed by atoms with Gasteiger partial charge in [0.2, 0.25) is 5.91 Å². The molecule has 0 radical (unpaired) electrons. The summed E-state index contributed by atoms with van der Waals surface area (Å²) in [5.74, 6) is 1.32. The Balaban J connectivity index is 2.82. The van der Waals surface area contributed by atoms with Gasteiger partial charge in [0.05, 0.1) is 14.2 Å². The van der Waals surface area contributed by atoms with Crippen LogP contribution in [-0.2, 0) is 4.79 Å². The highest BCUT2D eigenvalue weighted by atomic mass is 16.5. The number of ether oxygens (including phenoxy) is 2. The van der Waals surface area contributed by atoms with Crippen LogP contribution >= 0.6 is 0 Å². The molecule has 0 heterocycles. The van der Waals surface area contributed by atoms with Gasteiger partial charge in [-0.05, 0) is 37.6 Å². The zero-order valence-electron chi connectivity index (χ0n) is 11.9. The third kappa shape index (κ3) is 4.66. The molecule has 1 aromatic rings. The Morgan fingerprint density at radius 1 is 1.37 bits per heavy atom. The molecule has 0 fully saturated rings. The van der Waals surface area contributed by atoms with Crippen LogP contribution in [0.2, 0.25) is 0 Å². The van der Waals surface area contributed by atoms with Crippen LogP contribution in [0.15, 0.2) is 24.3 Å². The third-order valence-corrected chi connectivity index (χ3v) is 2.85. The minimum atomic E-state index is -0.112. The molecular weight excluding hydrogens is 242 g/mol. The zero-order valence-corrected chi connectivity index (χ0v) is 11.9. The Bertz CT molecular complexity index is 455. The monoisotopic (exact) mass is 263 g/mol. The standard InChI is InChI=1S/C15H21NO3/c1-5-11(2)16-15(17)9-6-12-10-13(18-3)7-8-14(12)19-4/h6-11H,5H2,1-4H3,(H,16,17)/b9-6+/t11-/m1/s1. The third-order valence-electron chi connectivity index (χ3n) is 2.85. The van der Waals surface area contributed by atoms with E-state index in [9.17, 15) is 4.79 Å². The summed E-state index contributed by atoms with van der Waals surface area (Å²) in [5, 5.41) is 2.87. The van der Waals surface area contributed by atoms with Crippen molar-refractivity contribution in [2.24, 2.45) is 0 Å². The predicted octanol–water partition coefficient (Wildman–Crippen LogP) is 2.63. The molecule has 0 aliphatic heterocycles. The smallest absolute Gasteiger partial charge is 0.244 e. The summed E-state index contributed by atoms with van der Waals surface area (Å²) < 4.78 is 10.4. The van der Waals surface area contributed by atoms with E-state index in [-0.39, 0.29) is 11.9 Å². The van der Waals surface area contributed by atoms with Crippen molar-refractivity contribution < 1.29 is 14.3 Å². The van der Waals surface area contributed by atoms with Gasteiger partial charge in [-0.3, -0.25) is 4.79 Å². The first kappa shape index (κ1) is 15.1. The summed E-state index contributed by atoms with van der Waals surface area (Å²) in [4.78, 5) is 11.7. The van der Waals surface area contributed by atoms with E-state index in [1.165, 1.54) is 6.08 Å². The molecule has 1 amide bonds. The Hall–Kier alpha value is -1.97. The van der Waals surface area contributed by atoms with Crippen molar-refractivity contribution in [1.29, 1.82) is 0 Å². The van der Waals surface area contributed by atoms with Gasteiger partial charge in [0.1, 0.15) is 11.5 Å².